The van der Waals surface area contributed by atoms with Gasteiger partial charge in [0.2, 0.25) is 5.91 Å². The van der Waals surface area contributed by atoms with Gasteiger partial charge in [-0.15, -0.1) is 0 Å². The molecular weight excluding hydrogens is 282 g/mol. The van der Waals surface area contributed by atoms with Gasteiger partial charge in [-0.3, -0.25) is 14.6 Å². The topological polar surface area (TPSA) is 94.3 Å². The normalized spacial score (nSPS) is 11.5. The number of nitrogens with two attached hydrogens (primary N) is 1. The lowest BCUT2D eigenvalue weighted by Gasteiger charge is -2.16. The van der Waals surface area contributed by atoms with Crippen LogP contribution in [0, 0.1) is 0 Å². The summed E-state index contributed by atoms with van der Waals surface area (Å²) in [5.74, 6) is -0.277. The molecule has 0 saturated heterocycles. The molecule has 2 rings (SSSR count). The number of nitrogens with one attached hydrogen (secondary N) is 1. The Kier molecular flexibility index (Phi) is 5.08. The predicted molar refractivity (Wildman–Crippen MR) is 81.4 cm³/mol. The van der Waals surface area contributed by atoms with Gasteiger partial charge in [0.05, 0.1) is 7.11 Å². The van der Waals surface area contributed by atoms with Crippen molar-refractivity contribution in [3.05, 3.63) is 59.9 Å². The van der Waals surface area contributed by atoms with Crippen molar-refractivity contribution < 1.29 is 14.3 Å². The lowest BCUT2D eigenvalue weighted by Crippen LogP contribution is -2.45. The Balaban J connectivity index is 2.10. The van der Waals surface area contributed by atoms with Crippen molar-refractivity contribution in [2.45, 2.75) is 12.5 Å². The third-order valence-electron chi connectivity index (χ3n) is 3.17. The van der Waals surface area contributed by atoms with E-state index in [2.05, 4.69) is 10.3 Å². The molecular formula is C16H17N3O3. The highest BCUT2D eigenvalue weighted by Gasteiger charge is 2.19. The van der Waals surface area contributed by atoms with E-state index in [1.165, 1.54) is 12.4 Å². The number of aromatic nitrogens is 1. The quantitative estimate of drug-likeness (QED) is 0.829. The fraction of sp³-hybridized carbons (Fsp3) is 0.188. The van der Waals surface area contributed by atoms with E-state index in [-0.39, 0.29) is 5.91 Å². The lowest BCUT2D eigenvalue weighted by atomic mass is 10.0. The van der Waals surface area contributed by atoms with Gasteiger partial charge < -0.3 is 15.8 Å². The number of methoxy groups -OCH3 is 1. The van der Waals surface area contributed by atoms with E-state index < -0.39 is 11.9 Å². The molecule has 6 heteroatoms. The summed E-state index contributed by atoms with van der Waals surface area (Å²) in [5.41, 5.74) is 6.65. The zero-order chi connectivity index (χ0) is 15.9. The SMILES string of the molecule is COc1cccc(C[C@@H](NC(=O)c2ccncc2)C(N)=O)c1. The molecule has 0 aliphatic carbocycles. The van der Waals surface area contributed by atoms with E-state index in [1.807, 2.05) is 12.1 Å². The van der Waals surface area contributed by atoms with Crippen LogP contribution in [-0.2, 0) is 11.2 Å². The zero-order valence-corrected chi connectivity index (χ0v) is 12.2. The number of rotatable bonds is 6. The van der Waals surface area contributed by atoms with Gasteiger partial charge in [-0.1, -0.05) is 12.1 Å². The van der Waals surface area contributed by atoms with E-state index >= 15 is 0 Å². The van der Waals surface area contributed by atoms with Gasteiger partial charge in [0.1, 0.15) is 11.8 Å². The molecule has 0 aliphatic heterocycles. The van der Waals surface area contributed by atoms with Crippen molar-refractivity contribution in [2.75, 3.05) is 7.11 Å². The summed E-state index contributed by atoms with van der Waals surface area (Å²) in [4.78, 5) is 27.5. The third kappa shape index (κ3) is 4.05. The summed E-state index contributed by atoms with van der Waals surface area (Å²) >= 11 is 0. The van der Waals surface area contributed by atoms with E-state index in [9.17, 15) is 9.59 Å². The molecule has 0 aliphatic rings. The van der Waals surface area contributed by atoms with Crippen LogP contribution < -0.4 is 15.8 Å². The van der Waals surface area contributed by atoms with Crippen LogP contribution in [0.5, 0.6) is 5.75 Å². The summed E-state index contributed by atoms with van der Waals surface area (Å²) in [6.45, 7) is 0. The molecule has 0 radical (unpaired) electrons. The summed E-state index contributed by atoms with van der Waals surface area (Å²) in [5, 5.41) is 2.64. The first-order valence-corrected chi connectivity index (χ1v) is 6.73. The molecule has 0 fully saturated rings. The first-order valence-electron chi connectivity index (χ1n) is 6.73. The van der Waals surface area contributed by atoms with Gasteiger partial charge >= 0.3 is 0 Å². The maximum Gasteiger partial charge on any atom is 0.252 e. The Hall–Kier alpha value is -2.89. The van der Waals surface area contributed by atoms with E-state index in [4.69, 9.17) is 10.5 Å². The molecule has 1 aromatic heterocycles. The van der Waals surface area contributed by atoms with Crippen molar-refractivity contribution in [3.63, 3.8) is 0 Å². The van der Waals surface area contributed by atoms with Gasteiger partial charge in [0.15, 0.2) is 0 Å². The second kappa shape index (κ2) is 7.21. The Morgan fingerprint density at radius 2 is 2.00 bits per heavy atom. The standard InChI is InChI=1S/C16H17N3O3/c1-22-13-4-2-3-11(9-13)10-14(15(17)20)19-16(21)12-5-7-18-8-6-12/h2-9,14H,10H2,1H3,(H2,17,20)(H,19,21)/t14-/m1/s1. The summed E-state index contributed by atoms with van der Waals surface area (Å²) in [6.07, 6.45) is 3.32. The zero-order valence-electron chi connectivity index (χ0n) is 12.2. The first kappa shape index (κ1) is 15.5. The number of hydrogen-bond acceptors (Lipinski definition) is 4. The van der Waals surface area contributed by atoms with Crippen LogP contribution in [0.2, 0.25) is 0 Å². The maximum absolute atomic E-state index is 12.1. The fourth-order valence-electron chi connectivity index (χ4n) is 2.00. The first-order chi connectivity index (χ1) is 10.6. The van der Waals surface area contributed by atoms with Gasteiger partial charge in [-0.05, 0) is 29.8 Å². The molecule has 1 atom stereocenters. The molecule has 2 aromatic rings. The number of amides is 2. The van der Waals surface area contributed by atoms with Gasteiger partial charge in [0.25, 0.3) is 5.91 Å². The average Bonchev–Trinajstić information content (AvgIpc) is 2.55. The Morgan fingerprint density at radius 3 is 2.64 bits per heavy atom. The minimum absolute atomic E-state index is 0.295. The highest BCUT2D eigenvalue weighted by Crippen LogP contribution is 2.14. The van der Waals surface area contributed by atoms with Crippen LogP contribution in [0.15, 0.2) is 48.8 Å². The molecule has 2 amide bonds. The molecule has 0 saturated carbocycles. The Bertz CT molecular complexity index is 659. The molecule has 3 N–H and O–H groups in total. The second-order valence-electron chi connectivity index (χ2n) is 4.72. The number of pyridine rings is 1. The Labute approximate surface area is 128 Å². The molecule has 22 heavy (non-hydrogen) atoms. The van der Waals surface area contributed by atoms with Crippen LogP contribution in [0.1, 0.15) is 15.9 Å². The van der Waals surface area contributed by atoms with Crippen molar-refractivity contribution in [2.24, 2.45) is 5.73 Å². The van der Waals surface area contributed by atoms with E-state index in [0.29, 0.717) is 17.7 Å². The number of ether oxygens (including phenoxy) is 1. The second-order valence-corrected chi connectivity index (χ2v) is 4.72. The minimum atomic E-state index is -0.798. The largest absolute Gasteiger partial charge is 0.497 e. The lowest BCUT2D eigenvalue weighted by molar-refractivity contribution is -0.119. The Morgan fingerprint density at radius 1 is 1.27 bits per heavy atom. The third-order valence-corrected chi connectivity index (χ3v) is 3.17. The summed E-state index contributed by atoms with van der Waals surface area (Å²) in [6, 6.07) is 9.60. The van der Waals surface area contributed by atoms with E-state index in [1.54, 1.807) is 31.4 Å². The molecule has 0 unspecified atom stereocenters. The number of carbonyl (C=O) groups excluding carboxylic acids is 2. The smallest absolute Gasteiger partial charge is 0.252 e. The molecule has 1 heterocycles. The number of nitrogens with zero attached hydrogens (tertiary/aromatic N) is 1. The van der Waals surface area contributed by atoms with Crippen molar-refractivity contribution in [1.29, 1.82) is 0 Å². The van der Waals surface area contributed by atoms with Gasteiger partial charge in [-0.25, -0.2) is 0 Å². The van der Waals surface area contributed by atoms with Crippen LogP contribution in [0.25, 0.3) is 0 Å². The number of primary amides is 1. The highest BCUT2D eigenvalue weighted by molar-refractivity contribution is 5.97. The van der Waals surface area contributed by atoms with Crippen LogP contribution in [0.4, 0.5) is 0 Å². The van der Waals surface area contributed by atoms with Gasteiger partial charge in [-0.2, -0.15) is 0 Å². The number of hydrogen-bond donors (Lipinski definition) is 2. The van der Waals surface area contributed by atoms with Crippen LogP contribution >= 0.6 is 0 Å². The maximum atomic E-state index is 12.1. The summed E-state index contributed by atoms with van der Waals surface area (Å²) in [7, 11) is 1.57. The van der Waals surface area contributed by atoms with Crippen LogP contribution in [0.3, 0.4) is 0 Å². The minimum Gasteiger partial charge on any atom is -0.497 e. The van der Waals surface area contributed by atoms with Crippen molar-refractivity contribution >= 4 is 11.8 Å². The molecule has 6 nitrogen and oxygen atoms in total. The van der Waals surface area contributed by atoms with Crippen molar-refractivity contribution in [1.82, 2.24) is 10.3 Å². The predicted octanol–water partition coefficient (Wildman–Crippen LogP) is 0.917. The van der Waals surface area contributed by atoms with Crippen LogP contribution in [-0.4, -0.2) is 29.9 Å². The summed E-state index contributed by atoms with van der Waals surface area (Å²) < 4.78 is 5.14. The number of benzene rings is 1. The highest BCUT2D eigenvalue weighted by atomic mass is 16.5. The average molecular weight is 299 g/mol. The molecule has 1 aromatic carbocycles. The molecule has 0 spiro atoms. The molecule has 0 bridgehead atoms. The van der Waals surface area contributed by atoms with E-state index in [0.717, 1.165) is 5.56 Å². The fourth-order valence-corrected chi connectivity index (χ4v) is 2.00. The van der Waals surface area contributed by atoms with Crippen molar-refractivity contribution in [3.8, 4) is 5.75 Å². The molecule has 114 valence electrons. The van der Waals surface area contributed by atoms with Gasteiger partial charge in [0, 0.05) is 24.4 Å². The monoisotopic (exact) mass is 299 g/mol. The number of carbonyl (C=O) groups is 2.